The van der Waals surface area contributed by atoms with Crippen LogP contribution in [-0.4, -0.2) is 94.1 Å². The van der Waals surface area contributed by atoms with E-state index in [-0.39, 0.29) is 33.7 Å². The lowest BCUT2D eigenvalue weighted by molar-refractivity contribution is -0.384. The second-order valence-electron chi connectivity index (χ2n) is 19.5. The van der Waals surface area contributed by atoms with Gasteiger partial charge in [0.2, 0.25) is 0 Å². The van der Waals surface area contributed by atoms with Gasteiger partial charge in [0, 0.05) is 87.5 Å². The minimum absolute atomic E-state index is 0.0260. The molecule has 338 valence electrons. The third-order valence-electron chi connectivity index (χ3n) is 14.6. The van der Waals surface area contributed by atoms with Crippen molar-refractivity contribution in [2.75, 3.05) is 74.6 Å². The van der Waals surface area contributed by atoms with Gasteiger partial charge < -0.3 is 30.0 Å². The topological polar surface area (TPSA) is 171 Å². The standard InChI is InChI=1S/C46H57F2N7O7S/c1-43(2)12-8-32(37(23-43)45-27-46(28-45,29-45)44(3,47)48)26-53-14-16-54(17-15-53)33-4-6-36(40(21-33)62-34-20-31-9-13-49-41(31)51-25-34)42(56)52-63(59,60)35-5-7-38(39(22-35)55(57)58)50-24-30-10-18-61-19-11-30/h4-7,9,13,20-22,30,49-51H,8,10-12,14-19,23-29H2,1-3H3,(H,52,56). The summed E-state index contributed by atoms with van der Waals surface area (Å²) >= 11 is 0. The second kappa shape index (κ2) is 16.2. The van der Waals surface area contributed by atoms with Gasteiger partial charge in [-0.1, -0.05) is 25.0 Å². The van der Waals surface area contributed by atoms with Crippen molar-refractivity contribution in [2.24, 2.45) is 22.2 Å². The zero-order valence-electron chi connectivity index (χ0n) is 36.2. The van der Waals surface area contributed by atoms with Crippen LogP contribution in [-0.2, 0) is 14.8 Å². The molecule has 0 radical (unpaired) electrons. The summed E-state index contributed by atoms with van der Waals surface area (Å²) in [6.07, 6.45) is 10.1. The maximum absolute atomic E-state index is 14.5. The smallest absolute Gasteiger partial charge is 0.293 e. The molecule has 1 aromatic heterocycles. The summed E-state index contributed by atoms with van der Waals surface area (Å²) < 4.78 is 70.3. The lowest BCUT2D eigenvalue weighted by Gasteiger charge is -2.74. The van der Waals surface area contributed by atoms with E-state index in [1.54, 1.807) is 24.4 Å². The molecule has 17 heteroatoms. The van der Waals surface area contributed by atoms with E-state index in [1.165, 1.54) is 23.3 Å². The van der Waals surface area contributed by atoms with Gasteiger partial charge in [-0.2, -0.15) is 0 Å². The number of aromatic nitrogens is 1. The quantitative estimate of drug-likeness (QED) is 0.0699. The summed E-state index contributed by atoms with van der Waals surface area (Å²) in [5.41, 5.74) is 3.56. The predicted octanol–water partition coefficient (Wildman–Crippen LogP) is 8.18. The third-order valence-corrected chi connectivity index (χ3v) is 15.9. The second-order valence-corrected chi connectivity index (χ2v) is 21.2. The first kappa shape index (κ1) is 43.3. The molecule has 4 N–H and O–H groups in total. The number of anilines is 3. The van der Waals surface area contributed by atoms with Crippen LogP contribution < -0.4 is 25.0 Å². The lowest BCUT2D eigenvalue weighted by Crippen LogP contribution is -2.69. The van der Waals surface area contributed by atoms with Crippen LogP contribution >= 0.6 is 0 Å². The van der Waals surface area contributed by atoms with Gasteiger partial charge in [0.25, 0.3) is 27.5 Å². The number of nitrogens with zero attached hydrogens (tertiary/aromatic N) is 3. The fourth-order valence-corrected chi connectivity index (χ4v) is 11.7. The van der Waals surface area contributed by atoms with Crippen LogP contribution in [0.1, 0.15) is 88.1 Å². The summed E-state index contributed by atoms with van der Waals surface area (Å²) in [6.45, 7) is 11.5. The normalized spacial score (nSPS) is 24.9. The van der Waals surface area contributed by atoms with Gasteiger partial charge in [0.15, 0.2) is 0 Å². The maximum Gasteiger partial charge on any atom is 0.293 e. The van der Waals surface area contributed by atoms with Crippen LogP contribution in [0.4, 0.5) is 31.7 Å². The van der Waals surface area contributed by atoms with Gasteiger partial charge in [-0.25, -0.2) is 21.9 Å². The number of nitrogens with one attached hydrogen (secondary N) is 4. The first-order chi connectivity index (χ1) is 29.9. The minimum atomic E-state index is -4.56. The SMILES string of the molecule is CC1(C)CCC(CN2CCN(c3ccc(C(=O)NS(=O)(=O)c4ccc(NCC5CCOCC5)c([N+](=O)[O-])c4)c(OC4=Cc5cc[nH]c5NC4)c3)CC2)=C(C23CC(C(C)(F)F)(C2)C3)C1. The zero-order valence-corrected chi connectivity index (χ0v) is 37.0. The number of rotatable bonds is 14. The molecule has 5 fully saturated rings. The molecule has 14 nitrogen and oxygen atoms in total. The first-order valence-electron chi connectivity index (χ1n) is 22.1. The van der Waals surface area contributed by atoms with Crippen molar-refractivity contribution in [3.05, 3.63) is 86.8 Å². The Morgan fingerprint density at radius 3 is 2.52 bits per heavy atom. The van der Waals surface area contributed by atoms with Crippen LogP contribution in [0.3, 0.4) is 0 Å². The number of amides is 1. The van der Waals surface area contributed by atoms with Crippen molar-refractivity contribution >= 4 is 44.9 Å². The molecule has 4 heterocycles. The van der Waals surface area contributed by atoms with E-state index >= 15 is 0 Å². The molecule has 2 aromatic carbocycles. The van der Waals surface area contributed by atoms with Gasteiger partial charge in [-0.05, 0) is 111 Å². The van der Waals surface area contributed by atoms with Gasteiger partial charge in [-0.15, -0.1) is 0 Å². The summed E-state index contributed by atoms with van der Waals surface area (Å²) in [5, 5.41) is 18.4. The van der Waals surface area contributed by atoms with Gasteiger partial charge in [0.05, 0.1) is 21.9 Å². The van der Waals surface area contributed by atoms with E-state index in [9.17, 15) is 32.1 Å². The van der Waals surface area contributed by atoms with E-state index in [1.807, 2.05) is 12.1 Å². The average Bonchev–Trinajstić information content (AvgIpc) is 3.68. The number of allylic oxidation sites excluding steroid dienone is 1. The molecule has 1 amide bonds. The molecule has 4 aliphatic carbocycles. The van der Waals surface area contributed by atoms with E-state index in [0.29, 0.717) is 64.4 Å². The maximum atomic E-state index is 14.5. The molecule has 10 rings (SSSR count). The highest BCUT2D eigenvalue weighted by Gasteiger charge is 2.76. The number of carbonyl (C=O) groups excluding carboxylic acids is 1. The summed E-state index contributed by atoms with van der Waals surface area (Å²) in [7, 11) is -4.56. The summed E-state index contributed by atoms with van der Waals surface area (Å²) in [5.74, 6) is -1.83. The Morgan fingerprint density at radius 2 is 1.81 bits per heavy atom. The largest absolute Gasteiger partial charge is 0.459 e. The van der Waals surface area contributed by atoms with Gasteiger partial charge in [0.1, 0.15) is 23.0 Å². The third kappa shape index (κ3) is 8.55. The van der Waals surface area contributed by atoms with Crippen LogP contribution in [0.5, 0.6) is 5.75 Å². The minimum Gasteiger partial charge on any atom is -0.459 e. The molecule has 2 bridgehead atoms. The number of hydrogen-bond acceptors (Lipinski definition) is 11. The molecular formula is C46H57F2N7O7S. The summed E-state index contributed by atoms with van der Waals surface area (Å²) in [4.78, 5) is 32.7. The van der Waals surface area contributed by atoms with Crippen LogP contribution in [0.2, 0.25) is 0 Å². The molecule has 0 atom stereocenters. The number of benzene rings is 2. The molecule has 2 saturated heterocycles. The van der Waals surface area contributed by atoms with Gasteiger partial charge in [-0.3, -0.25) is 19.8 Å². The molecule has 63 heavy (non-hydrogen) atoms. The zero-order chi connectivity index (χ0) is 44.4. The predicted molar refractivity (Wildman–Crippen MR) is 237 cm³/mol. The fourth-order valence-electron chi connectivity index (χ4n) is 10.7. The number of fused-ring (bicyclic) bond motifs is 1. The highest BCUT2D eigenvalue weighted by molar-refractivity contribution is 7.90. The van der Waals surface area contributed by atoms with Crippen molar-refractivity contribution in [3.63, 3.8) is 0 Å². The number of halogens is 2. The fraction of sp³-hybridized carbons (Fsp3) is 0.543. The van der Waals surface area contributed by atoms with E-state index < -0.39 is 42.8 Å². The number of nitro benzene ring substituents is 1. The van der Waals surface area contributed by atoms with Crippen molar-refractivity contribution in [1.82, 2.24) is 14.6 Å². The number of carbonyl (C=O) groups is 1. The number of alkyl halides is 2. The van der Waals surface area contributed by atoms with E-state index in [2.05, 4.69) is 44.0 Å². The molecule has 0 unspecified atom stereocenters. The Bertz CT molecular complexity index is 2440. The number of piperazine rings is 1. The van der Waals surface area contributed by atoms with Crippen molar-refractivity contribution in [2.45, 2.75) is 83.0 Å². The number of ether oxygens (including phenoxy) is 2. The van der Waals surface area contributed by atoms with Crippen LogP contribution in [0.15, 0.2) is 70.5 Å². The van der Waals surface area contributed by atoms with E-state index in [4.69, 9.17) is 9.47 Å². The Hall–Kier alpha value is -5.00. The van der Waals surface area contributed by atoms with Crippen molar-refractivity contribution in [3.8, 4) is 5.75 Å². The molecule has 3 aromatic rings. The first-order valence-corrected chi connectivity index (χ1v) is 23.6. The Labute approximate surface area is 367 Å². The van der Waals surface area contributed by atoms with Gasteiger partial charge >= 0.3 is 0 Å². The number of H-pyrrole nitrogens is 1. The number of sulfonamides is 1. The Morgan fingerprint density at radius 1 is 1.06 bits per heavy atom. The Kier molecular flexibility index (Phi) is 11.1. The molecular weight excluding hydrogens is 833 g/mol. The number of aromatic amines is 1. The van der Waals surface area contributed by atoms with Crippen LogP contribution in [0, 0.1) is 32.3 Å². The molecule has 3 saturated carbocycles. The van der Waals surface area contributed by atoms with Crippen molar-refractivity contribution in [1.29, 1.82) is 0 Å². The highest BCUT2D eigenvalue weighted by atomic mass is 32.2. The number of nitro groups is 1. The Balaban J connectivity index is 0.912. The molecule has 3 aliphatic heterocycles. The lowest BCUT2D eigenvalue weighted by atomic mass is 9.30. The monoisotopic (exact) mass is 889 g/mol. The van der Waals surface area contributed by atoms with Crippen molar-refractivity contribution < 1.29 is 36.4 Å². The average molecular weight is 890 g/mol. The van der Waals surface area contributed by atoms with Crippen LogP contribution in [0.25, 0.3) is 6.08 Å². The molecule has 7 aliphatic rings. The highest BCUT2D eigenvalue weighted by Crippen LogP contribution is 2.81. The van der Waals surface area contributed by atoms with E-state index in [0.717, 1.165) is 81.8 Å². The number of hydrogen-bond donors (Lipinski definition) is 4. The summed E-state index contributed by atoms with van der Waals surface area (Å²) in [6, 6.07) is 10.5. The molecule has 0 spiro atoms.